The van der Waals surface area contributed by atoms with Crippen LogP contribution in [0.2, 0.25) is 0 Å². The number of aromatic nitrogens is 2. The van der Waals surface area contributed by atoms with Gasteiger partial charge >= 0.3 is 5.97 Å². The summed E-state index contributed by atoms with van der Waals surface area (Å²) in [6, 6.07) is 0. The zero-order valence-electron chi connectivity index (χ0n) is 10.1. The van der Waals surface area contributed by atoms with Gasteiger partial charge < -0.3 is 9.52 Å². The van der Waals surface area contributed by atoms with E-state index in [1.54, 1.807) is 6.92 Å². The van der Waals surface area contributed by atoms with Gasteiger partial charge in [0.15, 0.2) is 0 Å². The van der Waals surface area contributed by atoms with E-state index in [1.807, 2.05) is 0 Å². The first-order chi connectivity index (χ1) is 8.16. The minimum Gasteiger partial charge on any atom is -0.481 e. The number of hydrogen-bond acceptors (Lipinski definition) is 4. The molecule has 1 unspecified atom stereocenters. The van der Waals surface area contributed by atoms with Crippen molar-refractivity contribution in [3.8, 4) is 0 Å². The van der Waals surface area contributed by atoms with Crippen LogP contribution in [0.3, 0.4) is 0 Å². The molecule has 0 amide bonds. The molecule has 2 rings (SSSR count). The van der Waals surface area contributed by atoms with Gasteiger partial charge in [-0.05, 0) is 12.8 Å². The SMILES string of the molecule is CC(CC(=O)O)c1nnc(C2CCCCC2)o1. The molecule has 5 nitrogen and oxygen atoms in total. The molecule has 0 spiro atoms. The van der Waals surface area contributed by atoms with Gasteiger partial charge in [0.25, 0.3) is 0 Å². The van der Waals surface area contributed by atoms with Gasteiger partial charge in [-0.1, -0.05) is 26.2 Å². The molecule has 1 aromatic heterocycles. The smallest absolute Gasteiger partial charge is 0.304 e. The third-order valence-corrected chi connectivity index (χ3v) is 3.31. The average Bonchev–Trinajstić information content (AvgIpc) is 2.78. The van der Waals surface area contributed by atoms with Crippen LogP contribution in [0.1, 0.15) is 69.1 Å². The predicted molar refractivity (Wildman–Crippen MR) is 60.8 cm³/mol. The summed E-state index contributed by atoms with van der Waals surface area (Å²) in [4.78, 5) is 10.6. The third-order valence-electron chi connectivity index (χ3n) is 3.31. The molecule has 17 heavy (non-hydrogen) atoms. The largest absolute Gasteiger partial charge is 0.481 e. The van der Waals surface area contributed by atoms with Crippen molar-refractivity contribution in [2.75, 3.05) is 0 Å². The van der Waals surface area contributed by atoms with Crippen molar-refractivity contribution in [1.29, 1.82) is 0 Å². The molecule has 94 valence electrons. The lowest BCUT2D eigenvalue weighted by molar-refractivity contribution is -0.137. The Morgan fingerprint density at radius 2 is 2.12 bits per heavy atom. The second-order valence-electron chi connectivity index (χ2n) is 4.81. The van der Waals surface area contributed by atoms with Crippen molar-refractivity contribution in [3.63, 3.8) is 0 Å². The van der Waals surface area contributed by atoms with Crippen LogP contribution in [0.5, 0.6) is 0 Å². The van der Waals surface area contributed by atoms with Crippen LogP contribution >= 0.6 is 0 Å². The van der Waals surface area contributed by atoms with E-state index in [2.05, 4.69) is 10.2 Å². The summed E-state index contributed by atoms with van der Waals surface area (Å²) in [5.41, 5.74) is 0. The quantitative estimate of drug-likeness (QED) is 0.872. The van der Waals surface area contributed by atoms with Gasteiger partial charge in [0.2, 0.25) is 11.8 Å². The lowest BCUT2D eigenvalue weighted by Gasteiger charge is -2.17. The fourth-order valence-electron chi connectivity index (χ4n) is 2.31. The van der Waals surface area contributed by atoms with Crippen molar-refractivity contribution in [1.82, 2.24) is 10.2 Å². The van der Waals surface area contributed by atoms with Crippen LogP contribution < -0.4 is 0 Å². The highest BCUT2D eigenvalue weighted by Gasteiger charge is 2.23. The Hall–Kier alpha value is -1.39. The Labute approximate surface area is 100 Å². The molecule has 1 aromatic rings. The molecule has 1 aliphatic rings. The Morgan fingerprint density at radius 1 is 1.41 bits per heavy atom. The number of carboxylic acid groups (broad SMARTS) is 1. The molecule has 5 heteroatoms. The van der Waals surface area contributed by atoms with Gasteiger partial charge in [-0.25, -0.2) is 0 Å². The molecule has 0 saturated heterocycles. The number of hydrogen-bond donors (Lipinski definition) is 1. The van der Waals surface area contributed by atoms with E-state index in [-0.39, 0.29) is 12.3 Å². The zero-order valence-corrected chi connectivity index (χ0v) is 10.1. The van der Waals surface area contributed by atoms with Crippen molar-refractivity contribution < 1.29 is 14.3 Å². The number of aliphatic carboxylic acids is 1. The van der Waals surface area contributed by atoms with Gasteiger partial charge in [-0.3, -0.25) is 4.79 Å². The topological polar surface area (TPSA) is 76.2 Å². The van der Waals surface area contributed by atoms with Crippen LogP contribution in [0, 0.1) is 0 Å². The predicted octanol–water partition coefficient (Wildman–Crippen LogP) is 2.70. The number of carbonyl (C=O) groups is 1. The minimum atomic E-state index is -0.838. The van der Waals surface area contributed by atoms with Gasteiger partial charge in [0.1, 0.15) is 0 Å². The molecule has 1 fully saturated rings. The maximum absolute atomic E-state index is 10.6. The van der Waals surface area contributed by atoms with Crippen molar-refractivity contribution >= 4 is 5.97 Å². The van der Waals surface area contributed by atoms with Gasteiger partial charge in [-0.15, -0.1) is 10.2 Å². The summed E-state index contributed by atoms with van der Waals surface area (Å²) in [5.74, 6) is 0.471. The average molecular weight is 238 g/mol. The Kier molecular flexibility index (Phi) is 3.76. The summed E-state index contributed by atoms with van der Waals surface area (Å²) in [7, 11) is 0. The van der Waals surface area contributed by atoms with Crippen LogP contribution in [-0.2, 0) is 4.79 Å². The Bertz CT molecular complexity index is 383. The molecule has 0 aromatic carbocycles. The molecule has 0 bridgehead atoms. The van der Waals surface area contributed by atoms with E-state index in [9.17, 15) is 4.79 Å². The Balaban J connectivity index is 2.01. The van der Waals surface area contributed by atoms with E-state index in [0.717, 1.165) is 12.8 Å². The van der Waals surface area contributed by atoms with E-state index >= 15 is 0 Å². The second kappa shape index (κ2) is 5.29. The lowest BCUT2D eigenvalue weighted by Crippen LogP contribution is -2.04. The van der Waals surface area contributed by atoms with Gasteiger partial charge in [0.05, 0.1) is 6.42 Å². The lowest BCUT2D eigenvalue weighted by atomic mass is 9.89. The molecule has 1 atom stereocenters. The van der Waals surface area contributed by atoms with E-state index in [4.69, 9.17) is 9.52 Å². The molecular weight excluding hydrogens is 220 g/mol. The molecule has 1 N–H and O–H groups in total. The number of nitrogens with zero attached hydrogens (tertiary/aromatic N) is 2. The maximum Gasteiger partial charge on any atom is 0.304 e. The van der Waals surface area contributed by atoms with E-state index in [0.29, 0.717) is 17.7 Å². The third kappa shape index (κ3) is 3.05. The first kappa shape index (κ1) is 12.1. The van der Waals surface area contributed by atoms with E-state index in [1.165, 1.54) is 19.3 Å². The Morgan fingerprint density at radius 3 is 2.76 bits per heavy atom. The highest BCUT2D eigenvalue weighted by molar-refractivity contribution is 5.67. The van der Waals surface area contributed by atoms with Crippen molar-refractivity contribution in [2.24, 2.45) is 0 Å². The van der Waals surface area contributed by atoms with Crippen molar-refractivity contribution in [3.05, 3.63) is 11.8 Å². The summed E-state index contributed by atoms with van der Waals surface area (Å²) >= 11 is 0. The molecule has 0 aliphatic heterocycles. The summed E-state index contributed by atoms with van der Waals surface area (Å²) in [5, 5.41) is 16.7. The maximum atomic E-state index is 10.6. The normalized spacial score (nSPS) is 19.1. The fraction of sp³-hybridized carbons (Fsp3) is 0.750. The highest BCUT2D eigenvalue weighted by atomic mass is 16.4. The zero-order chi connectivity index (χ0) is 12.3. The highest BCUT2D eigenvalue weighted by Crippen LogP contribution is 2.32. The second-order valence-corrected chi connectivity index (χ2v) is 4.81. The first-order valence-corrected chi connectivity index (χ1v) is 6.22. The van der Waals surface area contributed by atoms with Crippen LogP contribution in [0.25, 0.3) is 0 Å². The number of rotatable bonds is 4. The molecule has 1 heterocycles. The van der Waals surface area contributed by atoms with E-state index < -0.39 is 5.97 Å². The summed E-state index contributed by atoms with van der Waals surface area (Å²) < 4.78 is 5.60. The monoisotopic (exact) mass is 238 g/mol. The number of carboxylic acids is 1. The summed E-state index contributed by atoms with van der Waals surface area (Å²) in [6.45, 7) is 1.80. The van der Waals surface area contributed by atoms with Crippen LogP contribution in [0.4, 0.5) is 0 Å². The van der Waals surface area contributed by atoms with Gasteiger partial charge in [-0.2, -0.15) is 0 Å². The fourth-order valence-corrected chi connectivity index (χ4v) is 2.31. The molecule has 1 saturated carbocycles. The van der Waals surface area contributed by atoms with Crippen LogP contribution in [0.15, 0.2) is 4.42 Å². The standard InChI is InChI=1S/C12H18N2O3/c1-8(7-10(15)16)11-13-14-12(17-11)9-5-3-2-4-6-9/h8-9H,2-7H2,1H3,(H,15,16). The van der Waals surface area contributed by atoms with Crippen molar-refractivity contribution in [2.45, 2.75) is 57.3 Å². The first-order valence-electron chi connectivity index (χ1n) is 6.22. The summed E-state index contributed by atoms with van der Waals surface area (Å²) in [6.07, 6.45) is 5.96. The van der Waals surface area contributed by atoms with Crippen LogP contribution in [-0.4, -0.2) is 21.3 Å². The minimum absolute atomic E-state index is 0.0340. The van der Waals surface area contributed by atoms with Gasteiger partial charge in [0, 0.05) is 11.8 Å². The molecule has 0 radical (unpaired) electrons. The molecular formula is C12H18N2O3. The molecule has 1 aliphatic carbocycles.